The first kappa shape index (κ1) is 17.0. The molecule has 0 saturated heterocycles. The maximum Gasteiger partial charge on any atom is 0.240 e. The lowest BCUT2D eigenvalue weighted by atomic mass is 10.2. The lowest BCUT2D eigenvalue weighted by molar-refractivity contribution is 0.578. The number of hydrogen-bond acceptors (Lipinski definition) is 5. The Hall–Kier alpha value is -1.07. The Morgan fingerprint density at radius 3 is 2.50 bits per heavy atom. The second-order valence-corrected chi connectivity index (χ2v) is 8.07. The predicted octanol–water partition coefficient (Wildman–Crippen LogP) is -0.852. The molecule has 112 valence electrons. The van der Waals surface area contributed by atoms with Gasteiger partial charge in [-0.15, -0.1) is 0 Å². The number of nitrogens with one attached hydrogen (secondary N) is 2. The maximum atomic E-state index is 12.0. The largest absolute Gasteiger partial charge is 0.389 e. The van der Waals surface area contributed by atoms with Crippen LogP contribution in [-0.2, 0) is 20.0 Å². The Balaban J connectivity index is 2.84. The topological polar surface area (TPSA) is 118 Å². The fourth-order valence-corrected chi connectivity index (χ4v) is 3.22. The molecule has 4 N–H and O–H groups in total. The van der Waals surface area contributed by atoms with Crippen LogP contribution >= 0.6 is 12.2 Å². The van der Waals surface area contributed by atoms with Crippen molar-refractivity contribution in [2.24, 2.45) is 5.73 Å². The zero-order valence-electron chi connectivity index (χ0n) is 10.7. The van der Waals surface area contributed by atoms with E-state index in [1.54, 1.807) is 6.07 Å². The SMILES string of the molecule is CNS(=O)(=O)CCNS(=O)(=O)c1cccc(C(N)=S)c1. The summed E-state index contributed by atoms with van der Waals surface area (Å²) in [6, 6.07) is 5.80. The van der Waals surface area contributed by atoms with Gasteiger partial charge in [0, 0.05) is 12.1 Å². The van der Waals surface area contributed by atoms with E-state index in [-0.39, 0.29) is 22.2 Å². The molecule has 10 heteroatoms. The van der Waals surface area contributed by atoms with Gasteiger partial charge in [-0.25, -0.2) is 26.3 Å². The van der Waals surface area contributed by atoms with Crippen molar-refractivity contribution in [3.63, 3.8) is 0 Å². The number of benzene rings is 1. The van der Waals surface area contributed by atoms with E-state index in [4.69, 9.17) is 18.0 Å². The van der Waals surface area contributed by atoms with Gasteiger partial charge < -0.3 is 5.73 Å². The Morgan fingerprint density at radius 2 is 1.95 bits per heavy atom. The van der Waals surface area contributed by atoms with Gasteiger partial charge in [0.1, 0.15) is 4.99 Å². The highest BCUT2D eigenvalue weighted by molar-refractivity contribution is 7.90. The number of sulfonamides is 2. The van der Waals surface area contributed by atoms with Crippen LogP contribution in [0.3, 0.4) is 0 Å². The summed E-state index contributed by atoms with van der Waals surface area (Å²) in [5.74, 6) is -0.349. The van der Waals surface area contributed by atoms with Crippen molar-refractivity contribution in [2.75, 3.05) is 19.3 Å². The molecule has 0 atom stereocenters. The number of rotatable bonds is 7. The molecule has 7 nitrogen and oxygen atoms in total. The Labute approximate surface area is 123 Å². The van der Waals surface area contributed by atoms with Crippen molar-refractivity contribution in [3.05, 3.63) is 29.8 Å². The van der Waals surface area contributed by atoms with Crippen LogP contribution in [0.5, 0.6) is 0 Å². The molecule has 0 saturated carbocycles. The normalized spacial score (nSPS) is 12.2. The summed E-state index contributed by atoms with van der Waals surface area (Å²) < 4.78 is 50.6. The third kappa shape index (κ3) is 4.80. The molecule has 0 amide bonds. The Morgan fingerprint density at radius 1 is 1.30 bits per heavy atom. The third-order valence-electron chi connectivity index (χ3n) is 2.40. The van der Waals surface area contributed by atoms with Crippen LogP contribution in [0.15, 0.2) is 29.2 Å². The monoisotopic (exact) mass is 337 g/mol. The van der Waals surface area contributed by atoms with Crippen LogP contribution < -0.4 is 15.2 Å². The summed E-state index contributed by atoms with van der Waals surface area (Å²) in [6.07, 6.45) is 0. The van der Waals surface area contributed by atoms with E-state index < -0.39 is 20.0 Å². The molecule has 20 heavy (non-hydrogen) atoms. The summed E-state index contributed by atoms with van der Waals surface area (Å²) in [5.41, 5.74) is 5.85. The average molecular weight is 337 g/mol. The van der Waals surface area contributed by atoms with E-state index in [0.29, 0.717) is 5.56 Å². The van der Waals surface area contributed by atoms with Crippen molar-refractivity contribution in [2.45, 2.75) is 4.90 Å². The average Bonchev–Trinajstić information content (AvgIpc) is 2.38. The van der Waals surface area contributed by atoms with Crippen LogP contribution in [0.25, 0.3) is 0 Å². The molecular formula is C10H15N3O4S3. The lowest BCUT2D eigenvalue weighted by Crippen LogP contribution is -2.33. The Kier molecular flexibility index (Phi) is 5.59. The fourth-order valence-electron chi connectivity index (χ4n) is 1.31. The van der Waals surface area contributed by atoms with Gasteiger partial charge in [-0.2, -0.15) is 0 Å². The zero-order valence-corrected chi connectivity index (χ0v) is 13.1. The zero-order chi connectivity index (χ0) is 15.4. The van der Waals surface area contributed by atoms with Gasteiger partial charge >= 0.3 is 0 Å². The molecule has 0 aromatic heterocycles. The summed E-state index contributed by atoms with van der Waals surface area (Å²) >= 11 is 4.77. The van der Waals surface area contributed by atoms with Gasteiger partial charge in [-0.1, -0.05) is 24.4 Å². The summed E-state index contributed by atoms with van der Waals surface area (Å²) in [5, 5.41) is 0. The lowest BCUT2D eigenvalue weighted by Gasteiger charge is -2.08. The number of thiocarbonyl (C=S) groups is 1. The van der Waals surface area contributed by atoms with Gasteiger partial charge in [0.25, 0.3) is 0 Å². The molecule has 1 aromatic carbocycles. The second kappa shape index (κ2) is 6.59. The highest BCUT2D eigenvalue weighted by atomic mass is 32.2. The molecule has 0 aliphatic rings. The third-order valence-corrected chi connectivity index (χ3v) is 5.46. The van der Waals surface area contributed by atoms with E-state index in [1.807, 2.05) is 0 Å². The summed E-state index contributed by atoms with van der Waals surface area (Å²) in [6.45, 7) is -0.233. The van der Waals surface area contributed by atoms with Crippen molar-refractivity contribution in [1.82, 2.24) is 9.44 Å². The van der Waals surface area contributed by atoms with Crippen LogP contribution in [0.2, 0.25) is 0 Å². The van der Waals surface area contributed by atoms with Crippen LogP contribution in [0.1, 0.15) is 5.56 Å². The quantitative estimate of drug-likeness (QED) is 0.558. The molecule has 0 unspecified atom stereocenters. The number of nitrogens with two attached hydrogens (primary N) is 1. The highest BCUT2D eigenvalue weighted by Gasteiger charge is 2.16. The van der Waals surface area contributed by atoms with E-state index in [9.17, 15) is 16.8 Å². The summed E-state index contributed by atoms with van der Waals surface area (Å²) in [7, 11) is -6.01. The molecule has 0 radical (unpaired) electrons. The Bertz CT molecular complexity index is 698. The molecule has 1 aromatic rings. The van der Waals surface area contributed by atoms with E-state index in [2.05, 4.69) is 9.44 Å². The van der Waals surface area contributed by atoms with Crippen molar-refractivity contribution >= 4 is 37.3 Å². The molecule has 0 bridgehead atoms. The van der Waals surface area contributed by atoms with Gasteiger partial charge in [-0.05, 0) is 19.2 Å². The molecule has 0 aliphatic carbocycles. The predicted molar refractivity (Wildman–Crippen MR) is 80.4 cm³/mol. The first-order chi connectivity index (χ1) is 9.18. The molecule has 1 rings (SSSR count). The first-order valence-corrected chi connectivity index (χ1v) is 9.03. The minimum Gasteiger partial charge on any atom is -0.389 e. The van der Waals surface area contributed by atoms with Crippen LogP contribution in [0.4, 0.5) is 0 Å². The minimum atomic E-state index is -3.80. The van der Waals surface area contributed by atoms with Gasteiger partial charge in [0.15, 0.2) is 0 Å². The smallest absolute Gasteiger partial charge is 0.240 e. The van der Waals surface area contributed by atoms with Crippen molar-refractivity contribution < 1.29 is 16.8 Å². The van der Waals surface area contributed by atoms with Gasteiger partial charge in [-0.3, -0.25) is 0 Å². The minimum absolute atomic E-state index is 0.0235. The second-order valence-electron chi connectivity index (χ2n) is 3.81. The van der Waals surface area contributed by atoms with Crippen molar-refractivity contribution in [3.8, 4) is 0 Å². The van der Waals surface area contributed by atoms with Gasteiger partial charge in [0.2, 0.25) is 20.0 Å². The van der Waals surface area contributed by atoms with Crippen LogP contribution in [0, 0.1) is 0 Å². The van der Waals surface area contributed by atoms with Gasteiger partial charge in [0.05, 0.1) is 10.6 Å². The standard InChI is InChI=1S/C10H15N3O4S3/c1-12-19(14,15)6-5-13-20(16,17)9-4-2-3-8(7-9)10(11)18/h2-4,7,12-13H,5-6H2,1H3,(H2,11,18). The molecule has 0 aliphatic heterocycles. The maximum absolute atomic E-state index is 12.0. The van der Waals surface area contributed by atoms with E-state index >= 15 is 0 Å². The van der Waals surface area contributed by atoms with E-state index in [0.717, 1.165) is 0 Å². The molecule has 0 heterocycles. The summed E-state index contributed by atoms with van der Waals surface area (Å²) in [4.78, 5) is 0.0597. The highest BCUT2D eigenvalue weighted by Crippen LogP contribution is 2.11. The number of hydrogen-bond donors (Lipinski definition) is 3. The first-order valence-electron chi connectivity index (χ1n) is 5.49. The fraction of sp³-hybridized carbons (Fsp3) is 0.300. The molecular weight excluding hydrogens is 322 g/mol. The molecule has 0 fully saturated rings. The van der Waals surface area contributed by atoms with Crippen molar-refractivity contribution in [1.29, 1.82) is 0 Å². The molecule has 0 spiro atoms. The van der Waals surface area contributed by atoms with E-state index in [1.165, 1.54) is 25.2 Å². The van der Waals surface area contributed by atoms with Crippen LogP contribution in [-0.4, -0.2) is 41.2 Å².